The lowest BCUT2D eigenvalue weighted by Gasteiger charge is -2.25. The summed E-state index contributed by atoms with van der Waals surface area (Å²) >= 11 is 0. The van der Waals surface area contributed by atoms with Gasteiger partial charge >= 0.3 is 0 Å². The highest BCUT2D eigenvalue weighted by Crippen LogP contribution is 2.11. The number of likely N-dealkylation sites (tertiary alicyclic amines) is 1. The molecular formula is C15H22ClNO. The number of halogens is 1. The maximum atomic E-state index is 12.0. The Kier molecular flexibility index (Phi) is 6.37. The molecule has 0 amide bonds. The predicted molar refractivity (Wildman–Crippen MR) is 77.7 cm³/mol. The van der Waals surface area contributed by atoms with Crippen LogP contribution in [-0.4, -0.2) is 30.3 Å². The van der Waals surface area contributed by atoms with E-state index >= 15 is 0 Å². The van der Waals surface area contributed by atoms with Crippen LogP contribution >= 0.6 is 12.4 Å². The van der Waals surface area contributed by atoms with Gasteiger partial charge in [-0.15, -0.1) is 12.4 Å². The SMILES string of the molecule is Cc1cccc(C(=O)CCN2CCCCC2)c1.Cl. The monoisotopic (exact) mass is 267 g/mol. The van der Waals surface area contributed by atoms with Crippen LogP contribution in [0.5, 0.6) is 0 Å². The summed E-state index contributed by atoms with van der Waals surface area (Å²) in [5.41, 5.74) is 2.02. The van der Waals surface area contributed by atoms with Crippen LogP contribution in [0.1, 0.15) is 41.6 Å². The fraction of sp³-hybridized carbons (Fsp3) is 0.533. The number of benzene rings is 1. The fourth-order valence-corrected chi connectivity index (χ4v) is 2.41. The van der Waals surface area contributed by atoms with E-state index in [1.54, 1.807) is 0 Å². The van der Waals surface area contributed by atoms with Crippen LogP contribution in [0.15, 0.2) is 24.3 Å². The smallest absolute Gasteiger partial charge is 0.164 e. The molecular weight excluding hydrogens is 246 g/mol. The molecule has 1 aliphatic rings. The van der Waals surface area contributed by atoms with E-state index in [9.17, 15) is 4.79 Å². The van der Waals surface area contributed by atoms with Gasteiger partial charge in [0.1, 0.15) is 0 Å². The van der Waals surface area contributed by atoms with Gasteiger partial charge in [-0.25, -0.2) is 0 Å². The molecule has 0 aromatic heterocycles. The Labute approximate surface area is 116 Å². The van der Waals surface area contributed by atoms with Crippen LogP contribution in [0.4, 0.5) is 0 Å². The van der Waals surface area contributed by atoms with Gasteiger partial charge in [-0.05, 0) is 38.9 Å². The van der Waals surface area contributed by atoms with Crippen molar-refractivity contribution in [2.24, 2.45) is 0 Å². The quantitative estimate of drug-likeness (QED) is 0.779. The van der Waals surface area contributed by atoms with Crippen LogP contribution in [0.25, 0.3) is 0 Å². The Bertz CT molecular complexity index is 386. The van der Waals surface area contributed by atoms with Crippen LogP contribution in [0, 0.1) is 6.92 Å². The van der Waals surface area contributed by atoms with Crippen molar-refractivity contribution in [2.75, 3.05) is 19.6 Å². The van der Waals surface area contributed by atoms with Gasteiger partial charge in [-0.2, -0.15) is 0 Å². The summed E-state index contributed by atoms with van der Waals surface area (Å²) in [6, 6.07) is 7.90. The molecule has 0 saturated carbocycles. The van der Waals surface area contributed by atoms with E-state index in [-0.39, 0.29) is 18.2 Å². The second kappa shape index (κ2) is 7.55. The van der Waals surface area contributed by atoms with E-state index in [1.165, 1.54) is 32.4 Å². The summed E-state index contributed by atoms with van der Waals surface area (Å²) < 4.78 is 0. The number of Topliss-reactive ketones (excluding diaryl/α,β-unsaturated/α-hetero) is 1. The third-order valence-electron chi connectivity index (χ3n) is 3.44. The Morgan fingerprint density at radius 3 is 2.61 bits per heavy atom. The number of ketones is 1. The zero-order valence-corrected chi connectivity index (χ0v) is 11.8. The van der Waals surface area contributed by atoms with Gasteiger partial charge in [0.25, 0.3) is 0 Å². The minimum atomic E-state index is 0. The summed E-state index contributed by atoms with van der Waals surface area (Å²) in [6.07, 6.45) is 4.59. The zero-order valence-electron chi connectivity index (χ0n) is 11.0. The molecule has 1 aromatic rings. The van der Waals surface area contributed by atoms with E-state index in [0.717, 1.165) is 17.7 Å². The molecule has 1 heterocycles. The molecule has 1 aliphatic heterocycles. The molecule has 100 valence electrons. The lowest BCUT2D eigenvalue weighted by Crippen LogP contribution is -2.31. The van der Waals surface area contributed by atoms with Crippen molar-refractivity contribution in [1.82, 2.24) is 4.90 Å². The van der Waals surface area contributed by atoms with Gasteiger partial charge in [-0.3, -0.25) is 4.79 Å². The maximum Gasteiger partial charge on any atom is 0.164 e. The number of carbonyl (C=O) groups excluding carboxylic acids is 1. The first kappa shape index (κ1) is 15.2. The lowest BCUT2D eigenvalue weighted by molar-refractivity contribution is 0.0958. The summed E-state index contributed by atoms with van der Waals surface area (Å²) in [4.78, 5) is 14.4. The molecule has 0 unspecified atom stereocenters. The third-order valence-corrected chi connectivity index (χ3v) is 3.44. The van der Waals surface area contributed by atoms with Crippen molar-refractivity contribution < 1.29 is 4.79 Å². The normalized spacial score (nSPS) is 16.1. The number of carbonyl (C=O) groups is 1. The van der Waals surface area contributed by atoms with Gasteiger partial charge in [0, 0.05) is 18.5 Å². The molecule has 1 aromatic carbocycles. The first-order valence-corrected chi connectivity index (χ1v) is 6.58. The van der Waals surface area contributed by atoms with Gasteiger partial charge in [-0.1, -0.05) is 30.2 Å². The van der Waals surface area contributed by atoms with Gasteiger partial charge in [0.15, 0.2) is 5.78 Å². The largest absolute Gasteiger partial charge is 0.303 e. The third kappa shape index (κ3) is 4.43. The Morgan fingerprint density at radius 2 is 1.94 bits per heavy atom. The minimum absolute atomic E-state index is 0. The summed E-state index contributed by atoms with van der Waals surface area (Å²) in [5, 5.41) is 0. The molecule has 3 heteroatoms. The average Bonchev–Trinajstić information content (AvgIpc) is 2.37. The van der Waals surface area contributed by atoms with Gasteiger partial charge in [0.2, 0.25) is 0 Å². The Balaban J connectivity index is 0.00000162. The molecule has 0 N–H and O–H groups in total. The Hall–Kier alpha value is -0.860. The van der Waals surface area contributed by atoms with Crippen LogP contribution in [-0.2, 0) is 0 Å². The molecule has 18 heavy (non-hydrogen) atoms. The van der Waals surface area contributed by atoms with Crippen molar-refractivity contribution in [3.63, 3.8) is 0 Å². The van der Waals surface area contributed by atoms with E-state index in [4.69, 9.17) is 0 Å². The van der Waals surface area contributed by atoms with Crippen molar-refractivity contribution in [3.05, 3.63) is 35.4 Å². The molecule has 0 radical (unpaired) electrons. The summed E-state index contributed by atoms with van der Waals surface area (Å²) in [6.45, 7) is 5.29. The average molecular weight is 268 g/mol. The fourth-order valence-electron chi connectivity index (χ4n) is 2.41. The van der Waals surface area contributed by atoms with Crippen molar-refractivity contribution >= 4 is 18.2 Å². The van der Waals surface area contributed by atoms with Gasteiger partial charge < -0.3 is 4.90 Å². The second-order valence-electron chi connectivity index (χ2n) is 4.94. The zero-order chi connectivity index (χ0) is 12.1. The molecule has 2 nitrogen and oxygen atoms in total. The number of aryl methyl sites for hydroxylation is 1. The van der Waals surface area contributed by atoms with E-state index in [0.29, 0.717) is 6.42 Å². The molecule has 0 spiro atoms. The highest BCUT2D eigenvalue weighted by Gasteiger charge is 2.12. The molecule has 2 rings (SSSR count). The van der Waals surface area contributed by atoms with Crippen molar-refractivity contribution in [2.45, 2.75) is 32.6 Å². The topological polar surface area (TPSA) is 20.3 Å². The number of hydrogen-bond acceptors (Lipinski definition) is 2. The maximum absolute atomic E-state index is 12.0. The summed E-state index contributed by atoms with van der Waals surface area (Å²) in [7, 11) is 0. The van der Waals surface area contributed by atoms with E-state index in [1.807, 2.05) is 31.2 Å². The highest BCUT2D eigenvalue weighted by molar-refractivity contribution is 5.96. The predicted octanol–water partition coefficient (Wildman–Crippen LogP) is 3.48. The van der Waals surface area contributed by atoms with Crippen molar-refractivity contribution in [1.29, 1.82) is 0 Å². The first-order valence-electron chi connectivity index (χ1n) is 6.58. The molecule has 0 atom stereocenters. The number of piperidine rings is 1. The standard InChI is InChI=1S/C15H21NO.ClH/c1-13-6-5-7-14(12-13)15(17)8-11-16-9-3-2-4-10-16;/h5-7,12H,2-4,8-11H2,1H3;1H. The number of rotatable bonds is 4. The summed E-state index contributed by atoms with van der Waals surface area (Å²) in [5.74, 6) is 0.277. The minimum Gasteiger partial charge on any atom is -0.303 e. The lowest BCUT2D eigenvalue weighted by atomic mass is 10.0. The van der Waals surface area contributed by atoms with E-state index < -0.39 is 0 Å². The molecule has 1 fully saturated rings. The number of nitrogens with zero attached hydrogens (tertiary/aromatic N) is 1. The van der Waals surface area contributed by atoms with E-state index in [2.05, 4.69) is 4.90 Å². The first-order chi connectivity index (χ1) is 8.25. The number of hydrogen-bond donors (Lipinski definition) is 0. The Morgan fingerprint density at radius 1 is 1.22 bits per heavy atom. The molecule has 1 saturated heterocycles. The van der Waals surface area contributed by atoms with Crippen LogP contribution < -0.4 is 0 Å². The van der Waals surface area contributed by atoms with Crippen molar-refractivity contribution in [3.8, 4) is 0 Å². The highest BCUT2D eigenvalue weighted by atomic mass is 35.5. The molecule has 0 aliphatic carbocycles. The van der Waals surface area contributed by atoms with Gasteiger partial charge in [0.05, 0.1) is 0 Å². The van der Waals surface area contributed by atoms with Crippen LogP contribution in [0.2, 0.25) is 0 Å². The van der Waals surface area contributed by atoms with Crippen LogP contribution in [0.3, 0.4) is 0 Å². The second-order valence-corrected chi connectivity index (χ2v) is 4.94. The molecule has 0 bridgehead atoms.